The third-order valence-electron chi connectivity index (χ3n) is 5.86. The summed E-state index contributed by atoms with van der Waals surface area (Å²) in [6.07, 6.45) is 9.24. The van der Waals surface area contributed by atoms with Crippen LogP contribution >= 0.6 is 0 Å². The first-order valence-electron chi connectivity index (χ1n) is 10.2. The first-order valence-corrected chi connectivity index (χ1v) is 10.2. The summed E-state index contributed by atoms with van der Waals surface area (Å²) in [4.78, 5) is 19.7. The number of imidazole rings is 1. The molecule has 0 fully saturated rings. The minimum Gasteiger partial charge on any atom is -0.345 e. The van der Waals surface area contributed by atoms with Crippen LogP contribution in [0.25, 0.3) is 38.9 Å². The molecule has 5 rings (SSSR count). The Morgan fingerprint density at radius 1 is 1.14 bits per heavy atom. The van der Waals surface area contributed by atoms with Gasteiger partial charge in [0, 0.05) is 42.5 Å². The minimum atomic E-state index is 0.350. The number of pyridine rings is 2. The Bertz CT molecular complexity index is 1240. The van der Waals surface area contributed by atoms with Gasteiger partial charge in [0.1, 0.15) is 17.0 Å². The van der Waals surface area contributed by atoms with Gasteiger partial charge in [-0.2, -0.15) is 0 Å². The highest BCUT2D eigenvalue weighted by atomic mass is 15.1. The number of likely N-dealkylation sites (N-methyl/N-ethyl adjacent to an activating group) is 1. The molecule has 0 atom stereocenters. The minimum absolute atomic E-state index is 0.350. The van der Waals surface area contributed by atoms with E-state index in [9.17, 15) is 0 Å². The molecule has 0 amide bonds. The van der Waals surface area contributed by atoms with Crippen LogP contribution in [0.4, 0.5) is 0 Å². The van der Waals surface area contributed by atoms with E-state index in [1.807, 2.05) is 18.6 Å². The van der Waals surface area contributed by atoms with Crippen molar-refractivity contribution in [2.45, 2.75) is 33.2 Å². The highest BCUT2D eigenvalue weighted by molar-refractivity contribution is 5.95. The van der Waals surface area contributed by atoms with Gasteiger partial charge < -0.3 is 14.5 Å². The number of aromatic amines is 1. The lowest BCUT2D eigenvalue weighted by Crippen LogP contribution is -2.23. The van der Waals surface area contributed by atoms with Crippen LogP contribution in [0.2, 0.25) is 0 Å². The third-order valence-corrected chi connectivity index (χ3v) is 5.86. The normalized spacial score (nSPS) is 15.6. The van der Waals surface area contributed by atoms with Gasteiger partial charge in [0.15, 0.2) is 0 Å². The number of fused-ring (bicyclic) bond motifs is 2. The molecule has 1 N–H and O–H groups in total. The lowest BCUT2D eigenvalue weighted by Gasteiger charge is -2.21. The topological polar surface area (TPSA) is 62.6 Å². The van der Waals surface area contributed by atoms with E-state index >= 15 is 0 Å². The quantitative estimate of drug-likeness (QED) is 0.560. The van der Waals surface area contributed by atoms with Gasteiger partial charge in [-0.05, 0) is 57.5 Å². The van der Waals surface area contributed by atoms with Gasteiger partial charge in [0.05, 0.1) is 17.4 Å². The van der Waals surface area contributed by atoms with Crippen molar-refractivity contribution < 1.29 is 0 Å². The van der Waals surface area contributed by atoms with Crippen molar-refractivity contribution in [2.75, 3.05) is 20.1 Å². The molecule has 5 heterocycles. The Labute approximate surface area is 170 Å². The molecule has 4 aromatic heterocycles. The van der Waals surface area contributed by atoms with Crippen molar-refractivity contribution in [3.8, 4) is 11.3 Å². The van der Waals surface area contributed by atoms with Crippen molar-refractivity contribution >= 4 is 27.6 Å². The van der Waals surface area contributed by atoms with Crippen molar-refractivity contribution in [3.63, 3.8) is 0 Å². The molecule has 148 valence electrons. The molecule has 29 heavy (non-hydrogen) atoms. The van der Waals surface area contributed by atoms with Crippen molar-refractivity contribution in [1.82, 2.24) is 29.4 Å². The zero-order valence-corrected chi connectivity index (χ0v) is 17.4. The maximum Gasteiger partial charge on any atom is 0.137 e. The van der Waals surface area contributed by atoms with Crippen molar-refractivity contribution in [2.24, 2.45) is 0 Å². The molecule has 0 aromatic carbocycles. The van der Waals surface area contributed by atoms with E-state index in [1.54, 1.807) is 0 Å². The lowest BCUT2D eigenvalue weighted by molar-refractivity contribution is 0.370. The van der Waals surface area contributed by atoms with E-state index in [-0.39, 0.29) is 0 Å². The van der Waals surface area contributed by atoms with Crippen LogP contribution in [0.5, 0.6) is 0 Å². The molecule has 0 aliphatic carbocycles. The van der Waals surface area contributed by atoms with Crippen LogP contribution in [-0.4, -0.2) is 49.5 Å². The fourth-order valence-corrected chi connectivity index (χ4v) is 4.34. The highest BCUT2D eigenvalue weighted by Gasteiger charge is 2.16. The van der Waals surface area contributed by atoms with Crippen LogP contribution in [-0.2, 0) is 0 Å². The Balaban J connectivity index is 1.63. The van der Waals surface area contributed by atoms with Crippen LogP contribution in [0.15, 0.2) is 36.8 Å². The smallest absolute Gasteiger partial charge is 0.137 e. The summed E-state index contributed by atoms with van der Waals surface area (Å²) in [5, 5.41) is 1.11. The van der Waals surface area contributed by atoms with Crippen LogP contribution in [0, 0.1) is 6.92 Å². The molecule has 0 unspecified atom stereocenters. The summed E-state index contributed by atoms with van der Waals surface area (Å²) in [6, 6.07) is 4.75. The van der Waals surface area contributed by atoms with E-state index < -0.39 is 0 Å². The van der Waals surface area contributed by atoms with Gasteiger partial charge in [-0.15, -0.1) is 0 Å². The summed E-state index contributed by atoms with van der Waals surface area (Å²) in [6.45, 7) is 8.50. The Morgan fingerprint density at radius 3 is 2.76 bits per heavy atom. The average molecular weight is 387 g/mol. The van der Waals surface area contributed by atoms with E-state index in [0.29, 0.717) is 6.04 Å². The monoisotopic (exact) mass is 386 g/mol. The predicted octanol–water partition coefficient (Wildman–Crippen LogP) is 4.58. The van der Waals surface area contributed by atoms with Crippen molar-refractivity contribution in [1.29, 1.82) is 0 Å². The molecule has 0 radical (unpaired) electrons. The second-order valence-electron chi connectivity index (χ2n) is 8.25. The Kier molecular flexibility index (Phi) is 4.24. The highest BCUT2D eigenvalue weighted by Crippen LogP contribution is 2.32. The fourth-order valence-electron chi connectivity index (χ4n) is 4.34. The molecule has 0 bridgehead atoms. The molecule has 6 nitrogen and oxygen atoms in total. The summed E-state index contributed by atoms with van der Waals surface area (Å²) in [5.41, 5.74) is 7.57. The standard InChI is InChI=1S/C23H26N6/c1-14(2)29-15(3)27-21-13-24-20(10-22(21)29)19-12-26-23-18(19)9-17(11-25-23)16-5-7-28(4)8-6-16/h5,9-14H,6-8H2,1-4H3,(H,25,26). The maximum absolute atomic E-state index is 4.72. The van der Waals surface area contributed by atoms with E-state index in [4.69, 9.17) is 4.98 Å². The number of hydrogen-bond donors (Lipinski definition) is 1. The first kappa shape index (κ1) is 18.1. The van der Waals surface area contributed by atoms with Crippen molar-refractivity contribution in [3.05, 3.63) is 48.2 Å². The number of aromatic nitrogens is 5. The lowest BCUT2D eigenvalue weighted by atomic mass is 9.99. The van der Waals surface area contributed by atoms with Gasteiger partial charge in [0.25, 0.3) is 0 Å². The Morgan fingerprint density at radius 2 is 2.00 bits per heavy atom. The molecule has 1 aliphatic rings. The van der Waals surface area contributed by atoms with Gasteiger partial charge in [-0.1, -0.05) is 6.08 Å². The molecule has 1 aliphatic heterocycles. The number of rotatable bonds is 3. The first-order chi connectivity index (χ1) is 14.0. The zero-order chi connectivity index (χ0) is 20.1. The van der Waals surface area contributed by atoms with Crippen LogP contribution in [0.3, 0.4) is 0 Å². The van der Waals surface area contributed by atoms with E-state index in [2.05, 4.69) is 70.4 Å². The molecule has 6 heteroatoms. The van der Waals surface area contributed by atoms with Gasteiger partial charge in [-0.25, -0.2) is 9.97 Å². The zero-order valence-electron chi connectivity index (χ0n) is 17.4. The predicted molar refractivity (Wildman–Crippen MR) is 118 cm³/mol. The molecular formula is C23H26N6. The number of nitrogens with one attached hydrogen (secondary N) is 1. The number of hydrogen-bond acceptors (Lipinski definition) is 4. The average Bonchev–Trinajstić information content (AvgIpc) is 3.27. The van der Waals surface area contributed by atoms with Crippen LogP contribution < -0.4 is 0 Å². The molecular weight excluding hydrogens is 360 g/mol. The number of H-pyrrole nitrogens is 1. The molecule has 0 spiro atoms. The van der Waals surface area contributed by atoms with E-state index in [0.717, 1.165) is 58.7 Å². The summed E-state index contributed by atoms with van der Waals surface area (Å²) in [7, 11) is 2.16. The molecule has 4 aromatic rings. The van der Waals surface area contributed by atoms with Gasteiger partial charge in [-0.3, -0.25) is 4.98 Å². The largest absolute Gasteiger partial charge is 0.345 e. The SMILES string of the molecule is Cc1nc2cnc(-c3c[nH]c4ncc(C5=CCN(C)CC5)cc34)cc2n1C(C)C. The van der Waals surface area contributed by atoms with Gasteiger partial charge >= 0.3 is 0 Å². The molecule has 0 saturated heterocycles. The fraction of sp³-hybridized carbons (Fsp3) is 0.348. The molecule has 0 saturated carbocycles. The third kappa shape index (κ3) is 3.04. The second-order valence-corrected chi connectivity index (χ2v) is 8.25. The summed E-state index contributed by atoms with van der Waals surface area (Å²) >= 11 is 0. The number of aryl methyl sites for hydroxylation is 1. The van der Waals surface area contributed by atoms with Crippen LogP contribution in [0.1, 0.15) is 37.7 Å². The maximum atomic E-state index is 4.72. The second kappa shape index (κ2) is 6.81. The summed E-state index contributed by atoms with van der Waals surface area (Å²) < 4.78 is 2.27. The number of nitrogens with zero attached hydrogens (tertiary/aromatic N) is 5. The Hall–Kier alpha value is -2.99. The van der Waals surface area contributed by atoms with E-state index in [1.165, 1.54) is 11.1 Å². The summed E-state index contributed by atoms with van der Waals surface area (Å²) in [5.74, 6) is 1.02. The van der Waals surface area contributed by atoms with Gasteiger partial charge in [0.2, 0.25) is 0 Å².